The first-order chi connectivity index (χ1) is 7.26. The van der Waals surface area contributed by atoms with Gasteiger partial charge in [-0.3, -0.25) is 4.79 Å². The molecule has 0 spiro atoms. The second-order valence-electron chi connectivity index (χ2n) is 5.63. The second-order valence-corrected chi connectivity index (χ2v) is 5.63. The van der Waals surface area contributed by atoms with Gasteiger partial charge in [0.25, 0.3) is 0 Å². The van der Waals surface area contributed by atoms with Gasteiger partial charge in [-0.2, -0.15) is 0 Å². The third-order valence-corrected chi connectivity index (χ3v) is 2.77. The van der Waals surface area contributed by atoms with Crippen molar-refractivity contribution in [1.29, 1.82) is 0 Å². The van der Waals surface area contributed by atoms with Gasteiger partial charge in [-0.05, 0) is 33.6 Å². The van der Waals surface area contributed by atoms with Gasteiger partial charge in [0, 0.05) is 18.5 Å². The molecule has 0 atom stereocenters. The highest BCUT2D eigenvalue weighted by Gasteiger charge is 2.33. The van der Waals surface area contributed by atoms with Gasteiger partial charge in [0.1, 0.15) is 5.60 Å². The van der Waals surface area contributed by atoms with Crippen molar-refractivity contribution in [3.05, 3.63) is 0 Å². The van der Waals surface area contributed by atoms with Crippen LogP contribution >= 0.6 is 0 Å². The predicted molar refractivity (Wildman–Crippen MR) is 60.8 cm³/mol. The van der Waals surface area contributed by atoms with Gasteiger partial charge in [0.05, 0.1) is 0 Å². The molecule has 1 amide bonds. The van der Waals surface area contributed by atoms with Crippen molar-refractivity contribution < 1.29 is 14.3 Å². The molecule has 4 nitrogen and oxygen atoms in total. The fourth-order valence-corrected chi connectivity index (χ4v) is 1.61. The van der Waals surface area contributed by atoms with Gasteiger partial charge in [0.2, 0.25) is 6.29 Å². The highest BCUT2D eigenvalue weighted by molar-refractivity contribution is 5.69. The summed E-state index contributed by atoms with van der Waals surface area (Å²) in [6.07, 6.45) is 3.09. The van der Waals surface area contributed by atoms with Gasteiger partial charge in [-0.15, -0.1) is 0 Å². The zero-order valence-corrected chi connectivity index (χ0v) is 10.5. The number of nitrogens with zero attached hydrogens (tertiary/aromatic N) is 1. The molecule has 1 saturated heterocycles. The summed E-state index contributed by atoms with van der Waals surface area (Å²) in [6.45, 7) is 8.56. The first-order valence-corrected chi connectivity index (χ1v) is 5.63. The van der Waals surface area contributed by atoms with Crippen molar-refractivity contribution in [1.82, 2.24) is 4.90 Å². The van der Waals surface area contributed by atoms with Gasteiger partial charge in [-0.25, -0.2) is 4.79 Å². The topological polar surface area (TPSA) is 46.6 Å². The Hall–Kier alpha value is -1.06. The Morgan fingerprint density at radius 2 is 1.81 bits per heavy atom. The van der Waals surface area contributed by atoms with Gasteiger partial charge < -0.3 is 9.64 Å². The Morgan fingerprint density at radius 3 is 2.19 bits per heavy atom. The van der Waals surface area contributed by atoms with E-state index in [1.165, 1.54) is 0 Å². The van der Waals surface area contributed by atoms with E-state index in [9.17, 15) is 9.59 Å². The number of likely N-dealkylation sites (tertiary alicyclic amines) is 1. The van der Waals surface area contributed by atoms with Crippen LogP contribution in [0.15, 0.2) is 0 Å². The molecular weight excluding hydrogens is 206 g/mol. The average Bonchev–Trinajstić information content (AvgIpc) is 2.16. The summed E-state index contributed by atoms with van der Waals surface area (Å²) in [5.41, 5.74) is -0.854. The molecule has 1 fully saturated rings. The zero-order valence-electron chi connectivity index (χ0n) is 10.5. The molecule has 0 aliphatic carbocycles. The van der Waals surface area contributed by atoms with Gasteiger partial charge >= 0.3 is 6.09 Å². The van der Waals surface area contributed by atoms with E-state index in [2.05, 4.69) is 6.29 Å². The average molecular weight is 226 g/mol. The van der Waals surface area contributed by atoms with Crippen LogP contribution in [-0.4, -0.2) is 36.0 Å². The van der Waals surface area contributed by atoms with Crippen molar-refractivity contribution in [2.24, 2.45) is 5.41 Å². The van der Waals surface area contributed by atoms with Crippen LogP contribution in [0.25, 0.3) is 0 Å². The summed E-state index contributed by atoms with van der Waals surface area (Å²) in [4.78, 5) is 24.1. The molecule has 91 valence electrons. The quantitative estimate of drug-likeness (QED) is 0.688. The third kappa shape index (κ3) is 3.51. The lowest BCUT2D eigenvalue weighted by Crippen LogP contribution is -2.44. The molecule has 16 heavy (non-hydrogen) atoms. The van der Waals surface area contributed by atoms with E-state index in [1.54, 1.807) is 4.90 Å². The van der Waals surface area contributed by atoms with E-state index >= 15 is 0 Å². The SMILES string of the molecule is CC1([C]=O)CCN(C(=O)OC(C)(C)C)CC1. The van der Waals surface area contributed by atoms with Crippen molar-refractivity contribution in [3.63, 3.8) is 0 Å². The zero-order chi connectivity index (χ0) is 12.4. The Morgan fingerprint density at radius 1 is 1.31 bits per heavy atom. The number of rotatable bonds is 1. The summed E-state index contributed by atoms with van der Waals surface area (Å²) in [5, 5.41) is 0. The lowest BCUT2D eigenvalue weighted by atomic mass is 9.82. The van der Waals surface area contributed by atoms with Crippen molar-refractivity contribution >= 4 is 12.4 Å². The minimum absolute atomic E-state index is 0.291. The molecule has 1 rings (SSSR count). The monoisotopic (exact) mass is 226 g/mol. The second kappa shape index (κ2) is 4.44. The number of piperidine rings is 1. The molecule has 4 heteroatoms. The summed E-state index contributed by atoms with van der Waals surface area (Å²) in [7, 11) is 0. The smallest absolute Gasteiger partial charge is 0.410 e. The van der Waals surface area contributed by atoms with Crippen LogP contribution in [0.2, 0.25) is 0 Å². The van der Waals surface area contributed by atoms with Crippen LogP contribution in [0.1, 0.15) is 40.5 Å². The lowest BCUT2D eigenvalue weighted by Gasteiger charge is -2.36. The number of hydrogen-bond acceptors (Lipinski definition) is 3. The molecule has 1 radical (unpaired) electrons. The predicted octanol–water partition coefficient (Wildman–Crippen LogP) is 2.13. The first-order valence-electron chi connectivity index (χ1n) is 5.63. The van der Waals surface area contributed by atoms with Gasteiger partial charge in [0.15, 0.2) is 0 Å². The van der Waals surface area contributed by atoms with E-state index in [1.807, 2.05) is 27.7 Å². The van der Waals surface area contributed by atoms with E-state index in [-0.39, 0.29) is 6.09 Å². The van der Waals surface area contributed by atoms with Crippen molar-refractivity contribution in [2.45, 2.75) is 46.1 Å². The molecule has 0 aromatic rings. The summed E-state index contributed by atoms with van der Waals surface area (Å²) in [6, 6.07) is 0. The molecule has 0 unspecified atom stereocenters. The maximum Gasteiger partial charge on any atom is 0.410 e. The summed E-state index contributed by atoms with van der Waals surface area (Å²) >= 11 is 0. The Labute approximate surface area is 96.9 Å². The number of carbonyl (C=O) groups is 1. The molecule has 0 aromatic heterocycles. The fraction of sp³-hybridized carbons (Fsp3) is 0.833. The lowest BCUT2D eigenvalue weighted by molar-refractivity contribution is 0.0164. The minimum atomic E-state index is -0.464. The minimum Gasteiger partial charge on any atom is -0.444 e. The molecule has 0 aromatic carbocycles. The standard InChI is InChI=1S/C12H20NO3/c1-11(2,3)16-10(15)13-7-5-12(4,9-14)6-8-13/h5-8H2,1-4H3. The number of amides is 1. The highest BCUT2D eigenvalue weighted by atomic mass is 16.6. The Bertz CT molecular complexity index is 272. The van der Waals surface area contributed by atoms with Crippen molar-refractivity contribution in [2.75, 3.05) is 13.1 Å². The maximum atomic E-state index is 11.7. The normalized spacial score (nSPS) is 20.4. The fourth-order valence-electron chi connectivity index (χ4n) is 1.61. The van der Waals surface area contributed by atoms with Gasteiger partial charge in [-0.1, -0.05) is 6.92 Å². The van der Waals surface area contributed by atoms with Crippen LogP contribution in [0.5, 0.6) is 0 Å². The van der Waals surface area contributed by atoms with Crippen molar-refractivity contribution in [3.8, 4) is 0 Å². The molecule has 0 N–H and O–H groups in total. The van der Waals surface area contributed by atoms with Crippen LogP contribution in [0, 0.1) is 5.41 Å². The van der Waals surface area contributed by atoms with Crippen LogP contribution in [0.4, 0.5) is 4.79 Å². The van der Waals surface area contributed by atoms with Crippen LogP contribution < -0.4 is 0 Å². The largest absolute Gasteiger partial charge is 0.444 e. The maximum absolute atomic E-state index is 11.7. The molecular formula is C12H20NO3. The van der Waals surface area contributed by atoms with E-state index < -0.39 is 11.0 Å². The van der Waals surface area contributed by atoms with E-state index in [4.69, 9.17) is 4.74 Å². The van der Waals surface area contributed by atoms with Crippen LogP contribution in [-0.2, 0) is 9.53 Å². The molecule has 0 bridgehead atoms. The van der Waals surface area contributed by atoms with E-state index in [0.29, 0.717) is 25.9 Å². The molecule has 1 aliphatic rings. The molecule has 1 heterocycles. The summed E-state index contributed by atoms with van der Waals surface area (Å²) < 4.78 is 5.27. The Kier molecular flexibility index (Phi) is 3.61. The van der Waals surface area contributed by atoms with Crippen LogP contribution in [0.3, 0.4) is 0 Å². The third-order valence-electron chi connectivity index (χ3n) is 2.77. The number of carbonyl (C=O) groups excluding carboxylic acids is 2. The number of ether oxygens (including phenoxy) is 1. The summed E-state index contributed by atoms with van der Waals surface area (Å²) in [5.74, 6) is 0. The number of hydrogen-bond donors (Lipinski definition) is 0. The molecule has 1 aliphatic heterocycles. The molecule has 0 saturated carbocycles. The first kappa shape index (κ1) is 13.0. The highest BCUT2D eigenvalue weighted by Crippen LogP contribution is 2.28. The Balaban J connectivity index is 2.48. The van der Waals surface area contributed by atoms with E-state index in [0.717, 1.165) is 0 Å².